The zero-order chi connectivity index (χ0) is 15.4. The molecule has 21 heavy (non-hydrogen) atoms. The predicted molar refractivity (Wildman–Crippen MR) is 77.4 cm³/mol. The summed E-state index contributed by atoms with van der Waals surface area (Å²) in [5.41, 5.74) is 6.81. The van der Waals surface area contributed by atoms with Gasteiger partial charge in [0.05, 0.1) is 5.56 Å². The number of halogens is 2. The number of benzene rings is 2. The third-order valence-electron chi connectivity index (χ3n) is 3.20. The van der Waals surface area contributed by atoms with Crippen molar-refractivity contribution < 1.29 is 14.0 Å². The van der Waals surface area contributed by atoms with E-state index in [1.54, 1.807) is 31.2 Å². The van der Waals surface area contributed by atoms with Gasteiger partial charge in [-0.15, -0.1) is 0 Å². The number of nitrogens with one attached hydrogen (secondary N) is 1. The minimum atomic E-state index is -0.575. The molecule has 110 valence electrons. The number of rotatable bonds is 4. The molecule has 0 radical (unpaired) electrons. The molecule has 0 atom stereocenters. The molecule has 4 N–H and O–H groups in total. The van der Waals surface area contributed by atoms with Crippen molar-refractivity contribution >= 4 is 11.5 Å². The van der Waals surface area contributed by atoms with Gasteiger partial charge in [-0.25, -0.2) is 8.78 Å². The van der Waals surface area contributed by atoms with Crippen molar-refractivity contribution in [1.82, 2.24) is 0 Å². The zero-order valence-electron chi connectivity index (χ0n) is 11.4. The van der Waals surface area contributed by atoms with Crippen LogP contribution < -0.4 is 11.1 Å². The molecular weight excluding hydrogens is 276 g/mol. The summed E-state index contributed by atoms with van der Waals surface area (Å²) in [6.07, 6.45) is 0. The lowest BCUT2D eigenvalue weighted by atomic mass is 10.1. The first-order valence-electron chi connectivity index (χ1n) is 6.29. The maximum Gasteiger partial charge on any atom is 0.173 e. The van der Waals surface area contributed by atoms with Crippen LogP contribution in [0, 0.1) is 18.6 Å². The summed E-state index contributed by atoms with van der Waals surface area (Å²) in [7, 11) is 0. The van der Waals surface area contributed by atoms with Gasteiger partial charge in [-0.2, -0.15) is 0 Å². The summed E-state index contributed by atoms with van der Waals surface area (Å²) >= 11 is 0. The van der Waals surface area contributed by atoms with E-state index < -0.39 is 5.82 Å². The zero-order valence-corrected chi connectivity index (χ0v) is 11.4. The fourth-order valence-electron chi connectivity index (χ4n) is 1.96. The second kappa shape index (κ2) is 6.21. The Bertz CT molecular complexity index is 687. The number of oxime groups is 1. The smallest absolute Gasteiger partial charge is 0.173 e. The maximum absolute atomic E-state index is 14.2. The Morgan fingerprint density at radius 1 is 1.24 bits per heavy atom. The monoisotopic (exact) mass is 291 g/mol. The minimum absolute atomic E-state index is 0.0211. The summed E-state index contributed by atoms with van der Waals surface area (Å²) in [6, 6.07) is 9.25. The van der Waals surface area contributed by atoms with Gasteiger partial charge in [0.15, 0.2) is 5.84 Å². The molecule has 0 amide bonds. The van der Waals surface area contributed by atoms with E-state index in [1.807, 2.05) is 0 Å². The largest absolute Gasteiger partial charge is 0.409 e. The molecule has 0 aliphatic rings. The SMILES string of the molecule is Cc1c(F)cccc1NCc1cccc(/C(N)=N/O)c1F. The lowest BCUT2D eigenvalue weighted by Crippen LogP contribution is -2.16. The Labute approximate surface area is 120 Å². The highest BCUT2D eigenvalue weighted by Gasteiger charge is 2.12. The molecule has 0 spiro atoms. The molecule has 0 saturated heterocycles. The van der Waals surface area contributed by atoms with Gasteiger partial charge < -0.3 is 16.3 Å². The van der Waals surface area contributed by atoms with Crippen molar-refractivity contribution in [2.45, 2.75) is 13.5 Å². The van der Waals surface area contributed by atoms with Crippen molar-refractivity contribution in [3.05, 3.63) is 64.7 Å². The molecule has 2 aromatic rings. The molecule has 0 heterocycles. The summed E-state index contributed by atoms with van der Waals surface area (Å²) in [5, 5.41) is 14.4. The van der Waals surface area contributed by atoms with E-state index in [4.69, 9.17) is 10.9 Å². The third kappa shape index (κ3) is 3.10. The van der Waals surface area contributed by atoms with Crippen molar-refractivity contribution in [3.63, 3.8) is 0 Å². The summed E-state index contributed by atoms with van der Waals surface area (Å²) in [4.78, 5) is 0. The highest BCUT2D eigenvalue weighted by molar-refractivity contribution is 5.97. The minimum Gasteiger partial charge on any atom is -0.409 e. The van der Waals surface area contributed by atoms with E-state index in [-0.39, 0.29) is 23.8 Å². The van der Waals surface area contributed by atoms with Crippen LogP contribution in [0.25, 0.3) is 0 Å². The highest BCUT2D eigenvalue weighted by atomic mass is 19.1. The molecule has 2 aromatic carbocycles. The summed E-state index contributed by atoms with van der Waals surface area (Å²) < 4.78 is 27.6. The van der Waals surface area contributed by atoms with Crippen molar-refractivity contribution in [1.29, 1.82) is 0 Å². The topological polar surface area (TPSA) is 70.6 Å². The summed E-state index contributed by atoms with van der Waals surface area (Å²) in [5.74, 6) is -1.20. The fraction of sp³-hybridized carbons (Fsp3) is 0.133. The molecule has 6 heteroatoms. The molecule has 0 aliphatic heterocycles. The van der Waals surface area contributed by atoms with E-state index >= 15 is 0 Å². The van der Waals surface area contributed by atoms with Crippen LogP contribution in [0.2, 0.25) is 0 Å². The number of nitrogens with two attached hydrogens (primary N) is 1. The van der Waals surface area contributed by atoms with Crippen LogP contribution in [0.4, 0.5) is 14.5 Å². The van der Waals surface area contributed by atoms with Crippen molar-refractivity contribution in [2.75, 3.05) is 5.32 Å². The molecule has 2 rings (SSSR count). The number of hydrogen-bond donors (Lipinski definition) is 3. The molecule has 0 unspecified atom stereocenters. The van der Waals surface area contributed by atoms with E-state index in [0.29, 0.717) is 16.8 Å². The van der Waals surface area contributed by atoms with Crippen LogP contribution in [0.1, 0.15) is 16.7 Å². The second-order valence-corrected chi connectivity index (χ2v) is 4.53. The average Bonchev–Trinajstić information content (AvgIpc) is 2.49. The van der Waals surface area contributed by atoms with E-state index in [2.05, 4.69) is 10.5 Å². The van der Waals surface area contributed by atoms with E-state index in [9.17, 15) is 8.78 Å². The first-order valence-corrected chi connectivity index (χ1v) is 6.29. The Morgan fingerprint density at radius 3 is 2.67 bits per heavy atom. The highest BCUT2D eigenvalue weighted by Crippen LogP contribution is 2.20. The average molecular weight is 291 g/mol. The molecule has 4 nitrogen and oxygen atoms in total. The quantitative estimate of drug-likeness (QED) is 0.351. The van der Waals surface area contributed by atoms with E-state index in [1.165, 1.54) is 12.1 Å². The van der Waals surface area contributed by atoms with Crippen LogP contribution in [-0.4, -0.2) is 11.0 Å². The molecular formula is C15H15F2N3O. The number of amidine groups is 1. The third-order valence-corrected chi connectivity index (χ3v) is 3.20. The molecule has 0 aliphatic carbocycles. The Morgan fingerprint density at radius 2 is 1.95 bits per heavy atom. The van der Waals surface area contributed by atoms with Gasteiger partial charge in [-0.3, -0.25) is 0 Å². The lowest BCUT2D eigenvalue weighted by molar-refractivity contribution is 0.318. The molecule has 0 bridgehead atoms. The predicted octanol–water partition coefficient (Wildman–Crippen LogP) is 2.98. The summed E-state index contributed by atoms with van der Waals surface area (Å²) in [6.45, 7) is 1.80. The normalized spacial score (nSPS) is 11.5. The number of nitrogens with zero attached hydrogens (tertiary/aromatic N) is 1. The first kappa shape index (κ1) is 14.8. The van der Waals surface area contributed by atoms with Crippen LogP contribution in [0.5, 0.6) is 0 Å². The van der Waals surface area contributed by atoms with Crippen LogP contribution in [0.3, 0.4) is 0 Å². The van der Waals surface area contributed by atoms with Crippen LogP contribution in [-0.2, 0) is 6.54 Å². The van der Waals surface area contributed by atoms with Gasteiger partial charge in [-0.05, 0) is 25.1 Å². The van der Waals surface area contributed by atoms with Crippen LogP contribution in [0.15, 0.2) is 41.6 Å². The van der Waals surface area contributed by atoms with Gasteiger partial charge in [-0.1, -0.05) is 23.4 Å². The Hall–Kier alpha value is -2.63. The van der Waals surface area contributed by atoms with Gasteiger partial charge in [0, 0.05) is 23.4 Å². The first-order chi connectivity index (χ1) is 10.0. The Balaban J connectivity index is 2.23. The molecule has 0 saturated carbocycles. The maximum atomic E-state index is 14.2. The fourth-order valence-corrected chi connectivity index (χ4v) is 1.96. The van der Waals surface area contributed by atoms with Gasteiger partial charge in [0.2, 0.25) is 0 Å². The number of anilines is 1. The van der Waals surface area contributed by atoms with Crippen molar-refractivity contribution in [3.8, 4) is 0 Å². The van der Waals surface area contributed by atoms with Crippen molar-refractivity contribution in [2.24, 2.45) is 10.9 Å². The van der Waals surface area contributed by atoms with Crippen LogP contribution >= 0.6 is 0 Å². The van der Waals surface area contributed by atoms with Gasteiger partial charge >= 0.3 is 0 Å². The second-order valence-electron chi connectivity index (χ2n) is 4.53. The van der Waals surface area contributed by atoms with Gasteiger partial charge in [0.1, 0.15) is 11.6 Å². The molecule has 0 aromatic heterocycles. The van der Waals surface area contributed by atoms with Gasteiger partial charge in [0.25, 0.3) is 0 Å². The molecule has 0 fully saturated rings. The van der Waals surface area contributed by atoms with E-state index in [0.717, 1.165) is 0 Å². The lowest BCUT2D eigenvalue weighted by Gasteiger charge is -2.12. The standard InChI is InChI=1S/C15H15F2N3O/c1-9-12(16)6-3-7-13(9)19-8-10-4-2-5-11(14(10)17)15(18)20-21/h2-7,19,21H,8H2,1H3,(H2,18,20). The Kier molecular flexibility index (Phi) is 4.37. The number of hydrogen-bond acceptors (Lipinski definition) is 3.